The summed E-state index contributed by atoms with van der Waals surface area (Å²) in [6.07, 6.45) is 0. The Bertz CT molecular complexity index is 928. The van der Waals surface area contributed by atoms with Gasteiger partial charge in [-0.2, -0.15) is 0 Å². The first-order valence-electron chi connectivity index (χ1n) is 9.23. The third kappa shape index (κ3) is 3.39. The van der Waals surface area contributed by atoms with Gasteiger partial charge in [-0.1, -0.05) is 0 Å². The second-order valence-corrected chi connectivity index (χ2v) is 5.70. The van der Waals surface area contributed by atoms with Crippen molar-refractivity contribution in [1.29, 1.82) is 0 Å². The van der Waals surface area contributed by atoms with E-state index in [4.69, 9.17) is 23.4 Å². The van der Waals surface area contributed by atoms with E-state index in [1.54, 1.807) is 24.3 Å². The maximum Gasteiger partial charge on any atom is 0.205 e. The van der Waals surface area contributed by atoms with Crippen LogP contribution in [0, 0.1) is 0 Å². The Morgan fingerprint density at radius 2 is 1.07 bits per heavy atom. The standard InChI is InChI=1S/C21H24O6/c1-5-23-15-11-9-13-17(22)14-10-12-16(24-6-2)21(26-8-4)19(14)27-18(13)20(15)25-7-3/h9-12H,5-8H2,1-4H3. The zero-order valence-corrected chi connectivity index (χ0v) is 16.1. The van der Waals surface area contributed by atoms with Crippen LogP contribution in [-0.2, 0) is 0 Å². The summed E-state index contributed by atoms with van der Waals surface area (Å²) >= 11 is 0. The quantitative estimate of drug-likeness (QED) is 0.541. The van der Waals surface area contributed by atoms with Gasteiger partial charge in [0, 0.05) is 0 Å². The predicted molar refractivity (Wildman–Crippen MR) is 105 cm³/mol. The van der Waals surface area contributed by atoms with Crippen molar-refractivity contribution in [3.05, 3.63) is 34.5 Å². The summed E-state index contributed by atoms with van der Waals surface area (Å²) in [6.45, 7) is 9.29. The summed E-state index contributed by atoms with van der Waals surface area (Å²) < 4.78 is 29.0. The van der Waals surface area contributed by atoms with Crippen molar-refractivity contribution in [3.63, 3.8) is 0 Å². The Morgan fingerprint density at radius 1 is 0.667 bits per heavy atom. The highest BCUT2D eigenvalue weighted by atomic mass is 16.5. The van der Waals surface area contributed by atoms with Gasteiger partial charge in [-0.25, -0.2) is 0 Å². The number of hydrogen-bond donors (Lipinski definition) is 0. The molecule has 0 aliphatic heterocycles. The van der Waals surface area contributed by atoms with Crippen molar-refractivity contribution in [2.45, 2.75) is 27.7 Å². The van der Waals surface area contributed by atoms with E-state index in [1.165, 1.54) is 0 Å². The summed E-state index contributed by atoms with van der Waals surface area (Å²) in [5, 5.41) is 0.863. The molecule has 1 heterocycles. The minimum Gasteiger partial charge on any atom is -0.490 e. The molecule has 2 aromatic carbocycles. The Morgan fingerprint density at radius 3 is 1.44 bits per heavy atom. The minimum atomic E-state index is -0.153. The summed E-state index contributed by atoms with van der Waals surface area (Å²) in [4.78, 5) is 13.1. The molecule has 144 valence electrons. The zero-order chi connectivity index (χ0) is 19.4. The first kappa shape index (κ1) is 18.9. The first-order chi connectivity index (χ1) is 13.2. The third-order valence-corrected chi connectivity index (χ3v) is 4.02. The summed E-state index contributed by atoms with van der Waals surface area (Å²) in [6, 6.07) is 6.87. The van der Waals surface area contributed by atoms with Crippen LogP contribution in [0.1, 0.15) is 27.7 Å². The van der Waals surface area contributed by atoms with Gasteiger partial charge in [-0.3, -0.25) is 4.79 Å². The molecule has 0 bridgehead atoms. The van der Waals surface area contributed by atoms with Crippen LogP contribution >= 0.6 is 0 Å². The second-order valence-electron chi connectivity index (χ2n) is 5.70. The van der Waals surface area contributed by atoms with Crippen molar-refractivity contribution in [3.8, 4) is 23.0 Å². The number of benzene rings is 2. The fourth-order valence-electron chi connectivity index (χ4n) is 3.00. The van der Waals surface area contributed by atoms with Gasteiger partial charge in [0.2, 0.25) is 16.9 Å². The number of ether oxygens (including phenoxy) is 4. The highest BCUT2D eigenvalue weighted by Gasteiger charge is 2.21. The van der Waals surface area contributed by atoms with Gasteiger partial charge in [0.25, 0.3) is 0 Å². The lowest BCUT2D eigenvalue weighted by Crippen LogP contribution is -2.07. The Balaban J connectivity index is 2.41. The zero-order valence-electron chi connectivity index (χ0n) is 16.1. The van der Waals surface area contributed by atoms with Gasteiger partial charge in [-0.15, -0.1) is 0 Å². The molecule has 0 N–H and O–H groups in total. The highest BCUT2D eigenvalue weighted by molar-refractivity contribution is 5.96. The molecule has 0 saturated heterocycles. The van der Waals surface area contributed by atoms with Crippen LogP contribution in [0.2, 0.25) is 0 Å². The van der Waals surface area contributed by atoms with Crippen molar-refractivity contribution in [1.82, 2.24) is 0 Å². The van der Waals surface area contributed by atoms with E-state index >= 15 is 0 Å². The maximum absolute atomic E-state index is 13.1. The Labute approximate surface area is 157 Å². The average molecular weight is 372 g/mol. The molecule has 0 fully saturated rings. The monoisotopic (exact) mass is 372 g/mol. The smallest absolute Gasteiger partial charge is 0.205 e. The second kappa shape index (κ2) is 8.20. The molecule has 6 nitrogen and oxygen atoms in total. The van der Waals surface area contributed by atoms with E-state index in [1.807, 2.05) is 27.7 Å². The average Bonchev–Trinajstić information content (AvgIpc) is 2.66. The van der Waals surface area contributed by atoms with E-state index in [2.05, 4.69) is 0 Å². The first-order valence-corrected chi connectivity index (χ1v) is 9.23. The summed E-state index contributed by atoms with van der Waals surface area (Å²) in [5.41, 5.74) is 0.532. The summed E-state index contributed by atoms with van der Waals surface area (Å²) in [5.74, 6) is 1.90. The molecule has 0 atom stereocenters. The Kier molecular flexibility index (Phi) is 5.74. The number of hydrogen-bond acceptors (Lipinski definition) is 6. The van der Waals surface area contributed by atoms with Crippen LogP contribution in [0.4, 0.5) is 0 Å². The lowest BCUT2D eigenvalue weighted by molar-refractivity contribution is 0.284. The molecule has 0 radical (unpaired) electrons. The molecule has 3 aromatic rings. The van der Waals surface area contributed by atoms with Crippen LogP contribution in [-0.4, -0.2) is 26.4 Å². The van der Waals surface area contributed by atoms with Crippen molar-refractivity contribution in [2.24, 2.45) is 0 Å². The Hall–Kier alpha value is -2.89. The highest BCUT2D eigenvalue weighted by Crippen LogP contribution is 2.40. The van der Waals surface area contributed by atoms with E-state index in [9.17, 15) is 4.79 Å². The molecular formula is C21H24O6. The van der Waals surface area contributed by atoms with E-state index in [0.717, 1.165) is 0 Å². The maximum atomic E-state index is 13.1. The fourth-order valence-corrected chi connectivity index (χ4v) is 3.00. The van der Waals surface area contributed by atoms with Crippen LogP contribution in [0.3, 0.4) is 0 Å². The SMILES string of the molecule is CCOc1ccc2c(=O)c3ccc(OCC)c(OCC)c3oc2c1OCC. The fraction of sp³-hybridized carbons (Fsp3) is 0.381. The molecule has 0 unspecified atom stereocenters. The van der Waals surface area contributed by atoms with Crippen molar-refractivity contribution >= 4 is 21.9 Å². The minimum absolute atomic E-state index is 0.153. The molecule has 27 heavy (non-hydrogen) atoms. The van der Waals surface area contributed by atoms with Gasteiger partial charge in [0.1, 0.15) is 0 Å². The molecule has 1 aromatic heterocycles. The van der Waals surface area contributed by atoms with Crippen LogP contribution in [0.5, 0.6) is 23.0 Å². The van der Waals surface area contributed by atoms with Crippen LogP contribution in [0.25, 0.3) is 21.9 Å². The summed E-state index contributed by atoms with van der Waals surface area (Å²) in [7, 11) is 0. The van der Waals surface area contributed by atoms with E-state index in [-0.39, 0.29) is 5.43 Å². The third-order valence-electron chi connectivity index (χ3n) is 4.02. The molecule has 3 rings (SSSR count). The largest absolute Gasteiger partial charge is 0.490 e. The molecule has 0 aliphatic rings. The van der Waals surface area contributed by atoms with E-state index in [0.29, 0.717) is 71.4 Å². The van der Waals surface area contributed by atoms with Crippen LogP contribution in [0.15, 0.2) is 33.5 Å². The molecule has 0 amide bonds. The number of fused-ring (bicyclic) bond motifs is 2. The molecule has 0 saturated carbocycles. The van der Waals surface area contributed by atoms with Crippen molar-refractivity contribution in [2.75, 3.05) is 26.4 Å². The van der Waals surface area contributed by atoms with Crippen LogP contribution < -0.4 is 24.4 Å². The van der Waals surface area contributed by atoms with Gasteiger partial charge in [0.05, 0.1) is 37.2 Å². The number of rotatable bonds is 8. The lowest BCUT2D eigenvalue weighted by atomic mass is 10.1. The van der Waals surface area contributed by atoms with Gasteiger partial charge >= 0.3 is 0 Å². The van der Waals surface area contributed by atoms with Crippen molar-refractivity contribution < 1.29 is 23.4 Å². The van der Waals surface area contributed by atoms with E-state index < -0.39 is 0 Å². The van der Waals surface area contributed by atoms with Gasteiger partial charge in [0.15, 0.2) is 22.7 Å². The molecule has 0 aliphatic carbocycles. The van der Waals surface area contributed by atoms with Gasteiger partial charge in [-0.05, 0) is 52.0 Å². The topological polar surface area (TPSA) is 67.1 Å². The predicted octanol–water partition coefficient (Wildman–Crippen LogP) is 4.54. The lowest BCUT2D eigenvalue weighted by Gasteiger charge is -2.15. The molecule has 6 heteroatoms. The molecular weight excluding hydrogens is 348 g/mol. The molecule has 0 spiro atoms. The normalized spacial score (nSPS) is 11.0. The van der Waals surface area contributed by atoms with Gasteiger partial charge < -0.3 is 23.4 Å².